The van der Waals surface area contributed by atoms with E-state index in [1.54, 1.807) is 17.0 Å². The maximum absolute atomic E-state index is 12.8. The van der Waals surface area contributed by atoms with Crippen LogP contribution in [0.5, 0.6) is 5.75 Å². The minimum Gasteiger partial charge on any atom is -0.490 e. The number of rotatable bonds is 9. The second-order valence-corrected chi connectivity index (χ2v) is 7.89. The molecule has 0 unspecified atom stereocenters. The van der Waals surface area contributed by atoms with E-state index in [0.717, 1.165) is 6.54 Å². The van der Waals surface area contributed by atoms with Gasteiger partial charge in [-0.25, -0.2) is 14.8 Å². The highest BCUT2D eigenvalue weighted by molar-refractivity contribution is 6.00. The number of urea groups is 1. The van der Waals surface area contributed by atoms with Crippen LogP contribution >= 0.6 is 0 Å². The third-order valence-corrected chi connectivity index (χ3v) is 5.39. The van der Waals surface area contributed by atoms with Crippen molar-refractivity contribution in [1.29, 1.82) is 5.26 Å². The van der Waals surface area contributed by atoms with Gasteiger partial charge < -0.3 is 14.4 Å². The summed E-state index contributed by atoms with van der Waals surface area (Å²) < 4.78 is 10.5. The van der Waals surface area contributed by atoms with Gasteiger partial charge in [-0.05, 0) is 13.1 Å². The Hall–Kier alpha value is -4.08. The Labute approximate surface area is 203 Å². The summed E-state index contributed by atoms with van der Waals surface area (Å²) in [7, 11) is 4.91. The van der Waals surface area contributed by atoms with E-state index >= 15 is 0 Å². The first kappa shape index (κ1) is 25.5. The third kappa shape index (κ3) is 6.50. The average molecular weight is 482 g/mol. The van der Waals surface area contributed by atoms with Crippen molar-refractivity contribution >= 4 is 29.9 Å². The molecule has 0 bridgehead atoms. The summed E-state index contributed by atoms with van der Waals surface area (Å²) in [6.07, 6.45) is 1.91. The first-order valence-electron chi connectivity index (χ1n) is 10.8. The predicted molar refractivity (Wildman–Crippen MR) is 126 cm³/mol. The van der Waals surface area contributed by atoms with E-state index in [-0.39, 0.29) is 47.7 Å². The highest BCUT2D eigenvalue weighted by Crippen LogP contribution is 2.22. The molecule has 2 aromatic heterocycles. The molecular formula is C23H27N7O5. The van der Waals surface area contributed by atoms with Gasteiger partial charge >= 0.3 is 6.03 Å². The molecule has 0 spiro atoms. The Morgan fingerprint density at radius 1 is 1.34 bits per heavy atom. The van der Waals surface area contributed by atoms with Gasteiger partial charge in [-0.2, -0.15) is 5.26 Å². The monoisotopic (exact) mass is 481 g/mol. The summed E-state index contributed by atoms with van der Waals surface area (Å²) >= 11 is 0. The molecule has 0 aliphatic carbocycles. The summed E-state index contributed by atoms with van der Waals surface area (Å²) in [6.45, 7) is 2.47. The number of methoxy groups -OCH3 is 1. The van der Waals surface area contributed by atoms with Crippen LogP contribution in [-0.4, -0.2) is 92.0 Å². The first-order chi connectivity index (χ1) is 16.9. The van der Waals surface area contributed by atoms with Gasteiger partial charge in [0, 0.05) is 45.4 Å². The Bertz CT molecular complexity index is 1130. The second-order valence-electron chi connectivity index (χ2n) is 7.89. The van der Waals surface area contributed by atoms with Crippen LogP contribution in [0.1, 0.15) is 21.6 Å². The van der Waals surface area contributed by atoms with Gasteiger partial charge in [0.15, 0.2) is 6.29 Å². The molecule has 35 heavy (non-hydrogen) atoms. The quantitative estimate of drug-likeness (QED) is 0.412. The van der Waals surface area contributed by atoms with Gasteiger partial charge in [0.25, 0.3) is 0 Å². The summed E-state index contributed by atoms with van der Waals surface area (Å²) in [4.78, 5) is 49.9. The van der Waals surface area contributed by atoms with Crippen LogP contribution in [-0.2, 0) is 16.1 Å². The molecule has 3 amide bonds. The molecule has 0 aromatic carbocycles. The van der Waals surface area contributed by atoms with E-state index < -0.39 is 6.03 Å². The molecule has 0 saturated carbocycles. The molecule has 0 atom stereocenters. The SMILES string of the molecule is COCCOc1cc(NC(=O)N(C)c2ccc(CN3CCN(C)CC3=O)c(C=O)n2)ncc1C#N. The molecule has 1 aliphatic heterocycles. The zero-order valence-corrected chi connectivity index (χ0v) is 19.9. The number of nitrogens with one attached hydrogen (secondary N) is 1. The van der Waals surface area contributed by atoms with Crippen molar-refractivity contribution < 1.29 is 23.9 Å². The van der Waals surface area contributed by atoms with Crippen molar-refractivity contribution in [3.8, 4) is 11.8 Å². The average Bonchev–Trinajstić information content (AvgIpc) is 2.85. The number of pyridine rings is 2. The summed E-state index contributed by atoms with van der Waals surface area (Å²) in [5.41, 5.74) is 0.973. The van der Waals surface area contributed by atoms with E-state index in [0.29, 0.717) is 31.5 Å². The fourth-order valence-electron chi connectivity index (χ4n) is 3.36. The van der Waals surface area contributed by atoms with E-state index in [4.69, 9.17) is 9.47 Å². The smallest absolute Gasteiger partial charge is 0.328 e. The number of aldehydes is 1. The number of hydrogen-bond donors (Lipinski definition) is 1. The van der Waals surface area contributed by atoms with Crippen LogP contribution in [0.3, 0.4) is 0 Å². The second kappa shape index (κ2) is 11.9. The van der Waals surface area contributed by atoms with E-state index in [1.165, 1.54) is 31.3 Å². The lowest BCUT2D eigenvalue weighted by Crippen LogP contribution is -2.48. The van der Waals surface area contributed by atoms with Crippen LogP contribution in [0, 0.1) is 11.3 Å². The van der Waals surface area contributed by atoms with Gasteiger partial charge in [0.05, 0.1) is 19.3 Å². The summed E-state index contributed by atoms with van der Waals surface area (Å²) in [6, 6.07) is 6.16. The minimum atomic E-state index is -0.559. The number of ether oxygens (including phenoxy) is 2. The standard InChI is InChI=1S/C23H27N7O5/c1-28-6-7-30(22(32)14-28)13-16-4-5-21(26-18(16)15-31)29(2)23(33)27-20-10-19(35-9-8-34-3)17(11-24)12-25-20/h4-5,10,12,15H,6-9,13-14H2,1-3H3,(H,25,27,33). The molecule has 12 nitrogen and oxygen atoms in total. The lowest BCUT2D eigenvalue weighted by Gasteiger charge is -2.32. The Balaban J connectivity index is 1.71. The number of hydrogen-bond acceptors (Lipinski definition) is 9. The van der Waals surface area contributed by atoms with Crippen LogP contribution in [0.2, 0.25) is 0 Å². The molecule has 1 saturated heterocycles. The molecular weight excluding hydrogens is 454 g/mol. The molecule has 1 aliphatic rings. The highest BCUT2D eigenvalue weighted by Gasteiger charge is 2.23. The summed E-state index contributed by atoms with van der Waals surface area (Å²) in [5.74, 6) is 0.663. The van der Waals surface area contributed by atoms with E-state index in [1.807, 2.05) is 18.0 Å². The first-order valence-corrected chi connectivity index (χ1v) is 10.8. The van der Waals surface area contributed by atoms with E-state index in [9.17, 15) is 19.6 Å². The molecule has 2 aromatic rings. The lowest BCUT2D eigenvalue weighted by molar-refractivity contribution is -0.136. The fourth-order valence-corrected chi connectivity index (χ4v) is 3.36. The lowest BCUT2D eigenvalue weighted by atomic mass is 10.1. The number of anilines is 2. The third-order valence-electron chi connectivity index (χ3n) is 5.39. The van der Waals surface area contributed by atoms with Gasteiger partial charge in [-0.15, -0.1) is 0 Å². The minimum absolute atomic E-state index is 0.0170. The van der Waals surface area contributed by atoms with Crippen LogP contribution in [0.4, 0.5) is 16.4 Å². The van der Waals surface area contributed by atoms with E-state index in [2.05, 4.69) is 15.3 Å². The number of carbonyl (C=O) groups is 3. The number of nitriles is 1. The number of piperazine rings is 1. The summed E-state index contributed by atoms with van der Waals surface area (Å²) in [5, 5.41) is 11.8. The van der Waals surface area contributed by atoms with Crippen molar-refractivity contribution in [2.75, 3.05) is 64.3 Å². The van der Waals surface area contributed by atoms with Gasteiger partial charge in [0.1, 0.15) is 41.3 Å². The number of nitrogens with zero attached hydrogens (tertiary/aromatic N) is 6. The van der Waals surface area contributed by atoms with Crippen LogP contribution in [0.15, 0.2) is 24.4 Å². The zero-order chi connectivity index (χ0) is 25.4. The largest absolute Gasteiger partial charge is 0.490 e. The Morgan fingerprint density at radius 2 is 2.14 bits per heavy atom. The molecule has 1 fully saturated rings. The fraction of sp³-hybridized carbons (Fsp3) is 0.391. The number of amides is 3. The molecule has 1 N–H and O–H groups in total. The van der Waals surface area contributed by atoms with Gasteiger partial charge in [-0.3, -0.25) is 24.7 Å². The number of carbonyl (C=O) groups excluding carboxylic acids is 3. The van der Waals surface area contributed by atoms with Crippen molar-refractivity contribution in [2.45, 2.75) is 6.54 Å². The molecule has 0 radical (unpaired) electrons. The number of aromatic nitrogens is 2. The van der Waals surface area contributed by atoms with Crippen LogP contribution < -0.4 is 15.0 Å². The highest BCUT2D eigenvalue weighted by atomic mass is 16.5. The predicted octanol–water partition coefficient (Wildman–Crippen LogP) is 1.13. The Morgan fingerprint density at radius 3 is 2.83 bits per heavy atom. The van der Waals surface area contributed by atoms with Gasteiger partial charge in [-0.1, -0.05) is 6.07 Å². The van der Waals surface area contributed by atoms with Gasteiger partial charge in [0.2, 0.25) is 5.91 Å². The normalized spacial score (nSPS) is 13.8. The topological polar surface area (TPSA) is 141 Å². The van der Waals surface area contributed by atoms with Crippen molar-refractivity contribution in [3.05, 3.63) is 41.2 Å². The molecule has 3 heterocycles. The van der Waals surface area contributed by atoms with Crippen molar-refractivity contribution in [1.82, 2.24) is 19.8 Å². The molecule has 12 heteroatoms. The van der Waals surface area contributed by atoms with Crippen LogP contribution in [0.25, 0.3) is 0 Å². The maximum Gasteiger partial charge on any atom is 0.328 e. The number of likely N-dealkylation sites (N-methyl/N-ethyl adjacent to an activating group) is 1. The Kier molecular flexibility index (Phi) is 8.66. The van der Waals surface area contributed by atoms with Crippen molar-refractivity contribution in [3.63, 3.8) is 0 Å². The molecule has 184 valence electrons. The zero-order valence-electron chi connectivity index (χ0n) is 19.9. The molecule has 3 rings (SSSR count). The van der Waals surface area contributed by atoms with Crippen molar-refractivity contribution in [2.24, 2.45) is 0 Å². The maximum atomic E-state index is 12.8.